The smallest absolute Gasteiger partial charge is 0.0431 e. The average Bonchev–Trinajstić information content (AvgIpc) is 2.05. The molecule has 0 aromatic rings. The van der Waals surface area contributed by atoms with Gasteiger partial charge in [0.05, 0.1) is 0 Å². The highest BCUT2D eigenvalue weighted by atomic mass is 16.2. The zero-order valence-electron chi connectivity index (χ0n) is 8.13. The number of hydrogen-bond acceptors (Lipinski definition) is 3. The topological polar surface area (TPSA) is 49.5 Å². The van der Waals surface area contributed by atoms with Crippen LogP contribution in [-0.4, -0.2) is 43.3 Å². The van der Waals surface area contributed by atoms with Crippen molar-refractivity contribution in [3.63, 3.8) is 0 Å². The summed E-state index contributed by atoms with van der Waals surface area (Å²) < 4.78 is 0. The summed E-state index contributed by atoms with van der Waals surface area (Å²) in [6.07, 6.45) is 4.53. The Morgan fingerprint density at radius 1 is 1.08 bits per heavy atom. The maximum Gasteiger partial charge on any atom is 0.0431 e. The first kappa shape index (κ1) is 11.9. The number of aliphatic hydroxyl groups is 1. The number of nitrogens with two attached hydrogens (primary N) is 1. The molecule has 0 atom stereocenters. The number of likely N-dealkylation sites (N-methyl/N-ethyl adjacent to an activating group) is 1. The second-order valence-electron chi connectivity index (χ2n) is 3.23. The van der Waals surface area contributed by atoms with Gasteiger partial charge in [0.25, 0.3) is 0 Å². The van der Waals surface area contributed by atoms with Crippen LogP contribution >= 0.6 is 0 Å². The largest absolute Gasteiger partial charge is 0.396 e. The predicted molar refractivity (Wildman–Crippen MR) is 52.1 cm³/mol. The lowest BCUT2D eigenvalue weighted by atomic mass is 10.2. The molecule has 0 aromatic carbocycles. The maximum atomic E-state index is 8.53. The Bertz CT molecular complexity index is 88.6. The minimum Gasteiger partial charge on any atom is -0.396 e. The van der Waals surface area contributed by atoms with Gasteiger partial charge in [-0.15, -0.1) is 0 Å². The van der Waals surface area contributed by atoms with Crippen molar-refractivity contribution < 1.29 is 5.11 Å². The fourth-order valence-corrected chi connectivity index (χ4v) is 1.18. The first-order valence-electron chi connectivity index (χ1n) is 4.80. The van der Waals surface area contributed by atoms with Crippen molar-refractivity contribution in [2.45, 2.75) is 25.7 Å². The lowest BCUT2D eigenvalue weighted by molar-refractivity contribution is 0.278. The van der Waals surface area contributed by atoms with Gasteiger partial charge < -0.3 is 15.7 Å². The van der Waals surface area contributed by atoms with E-state index in [1.165, 1.54) is 12.8 Å². The normalized spacial score (nSPS) is 11.0. The van der Waals surface area contributed by atoms with E-state index in [9.17, 15) is 0 Å². The summed E-state index contributed by atoms with van der Waals surface area (Å²) in [4.78, 5) is 2.25. The third-order valence-electron chi connectivity index (χ3n) is 1.96. The van der Waals surface area contributed by atoms with Crippen molar-refractivity contribution >= 4 is 0 Å². The lowest BCUT2D eigenvalue weighted by Gasteiger charge is -2.14. The number of rotatable bonds is 8. The summed E-state index contributed by atoms with van der Waals surface area (Å²) in [6.45, 7) is 3.19. The first-order chi connectivity index (χ1) is 5.81. The highest BCUT2D eigenvalue weighted by molar-refractivity contribution is 4.52. The molecule has 12 heavy (non-hydrogen) atoms. The van der Waals surface area contributed by atoms with Crippen LogP contribution in [0.15, 0.2) is 0 Å². The highest BCUT2D eigenvalue weighted by Gasteiger charge is 1.95. The summed E-state index contributed by atoms with van der Waals surface area (Å²) in [5.41, 5.74) is 5.41. The van der Waals surface area contributed by atoms with Crippen molar-refractivity contribution in [1.82, 2.24) is 4.90 Å². The van der Waals surface area contributed by atoms with Crippen LogP contribution in [0.3, 0.4) is 0 Å². The van der Waals surface area contributed by atoms with Crippen molar-refractivity contribution in [2.24, 2.45) is 5.73 Å². The molecule has 0 saturated carbocycles. The Morgan fingerprint density at radius 3 is 2.33 bits per heavy atom. The molecular formula is C9H22N2O. The summed E-state index contributed by atoms with van der Waals surface area (Å²) in [5, 5.41) is 8.53. The summed E-state index contributed by atoms with van der Waals surface area (Å²) in [7, 11) is 2.10. The van der Waals surface area contributed by atoms with Crippen LogP contribution in [0.25, 0.3) is 0 Å². The van der Waals surface area contributed by atoms with Crippen LogP contribution in [0, 0.1) is 0 Å². The SMILES string of the molecule is CN(CCN)CCCCCCO. The molecule has 3 heteroatoms. The van der Waals surface area contributed by atoms with Gasteiger partial charge in [-0.1, -0.05) is 12.8 Å². The number of unbranched alkanes of at least 4 members (excludes halogenated alkanes) is 3. The van der Waals surface area contributed by atoms with Crippen LogP contribution in [0.1, 0.15) is 25.7 Å². The van der Waals surface area contributed by atoms with Gasteiger partial charge >= 0.3 is 0 Å². The number of hydrogen-bond donors (Lipinski definition) is 2. The zero-order chi connectivity index (χ0) is 9.23. The Balaban J connectivity index is 2.97. The third-order valence-corrected chi connectivity index (χ3v) is 1.96. The van der Waals surface area contributed by atoms with Crippen molar-refractivity contribution in [3.8, 4) is 0 Å². The van der Waals surface area contributed by atoms with Gasteiger partial charge in [-0.05, 0) is 26.4 Å². The van der Waals surface area contributed by atoms with E-state index in [2.05, 4.69) is 11.9 Å². The molecule has 0 aromatic heterocycles. The van der Waals surface area contributed by atoms with E-state index < -0.39 is 0 Å². The Hall–Kier alpha value is -0.120. The Labute approximate surface area is 75.6 Å². The van der Waals surface area contributed by atoms with E-state index in [4.69, 9.17) is 10.8 Å². The molecule has 0 heterocycles. The predicted octanol–water partition coefficient (Wildman–Crippen LogP) is 0.430. The molecule has 0 spiro atoms. The van der Waals surface area contributed by atoms with E-state index in [0.29, 0.717) is 6.61 Å². The summed E-state index contributed by atoms with van der Waals surface area (Å²) in [5.74, 6) is 0. The zero-order valence-corrected chi connectivity index (χ0v) is 8.13. The van der Waals surface area contributed by atoms with Gasteiger partial charge in [0.15, 0.2) is 0 Å². The average molecular weight is 174 g/mol. The fourth-order valence-electron chi connectivity index (χ4n) is 1.18. The van der Waals surface area contributed by atoms with Crippen LogP contribution in [0.2, 0.25) is 0 Å². The second kappa shape index (κ2) is 8.97. The monoisotopic (exact) mass is 174 g/mol. The van der Waals surface area contributed by atoms with Gasteiger partial charge in [0.1, 0.15) is 0 Å². The standard InChI is InChI=1S/C9H22N2O/c1-11(8-6-10)7-4-2-3-5-9-12/h12H,2-10H2,1H3. The molecule has 0 rings (SSSR count). The van der Waals surface area contributed by atoms with Crippen LogP contribution < -0.4 is 5.73 Å². The van der Waals surface area contributed by atoms with E-state index in [0.717, 1.165) is 32.5 Å². The van der Waals surface area contributed by atoms with Crippen LogP contribution in [0.4, 0.5) is 0 Å². The molecule has 3 nitrogen and oxygen atoms in total. The van der Waals surface area contributed by atoms with Crippen molar-refractivity contribution in [1.29, 1.82) is 0 Å². The van der Waals surface area contributed by atoms with Gasteiger partial charge in [0.2, 0.25) is 0 Å². The first-order valence-corrected chi connectivity index (χ1v) is 4.80. The van der Waals surface area contributed by atoms with Crippen LogP contribution in [0.5, 0.6) is 0 Å². The van der Waals surface area contributed by atoms with E-state index in [1.54, 1.807) is 0 Å². The van der Waals surface area contributed by atoms with E-state index >= 15 is 0 Å². The fraction of sp³-hybridized carbons (Fsp3) is 1.00. The molecule has 0 saturated heterocycles. The van der Waals surface area contributed by atoms with Gasteiger partial charge in [-0.2, -0.15) is 0 Å². The molecular weight excluding hydrogens is 152 g/mol. The Kier molecular flexibility index (Phi) is 8.88. The summed E-state index contributed by atoms with van der Waals surface area (Å²) in [6, 6.07) is 0. The van der Waals surface area contributed by atoms with Gasteiger partial charge in [0, 0.05) is 19.7 Å². The molecule has 3 N–H and O–H groups in total. The molecule has 0 bridgehead atoms. The minimum absolute atomic E-state index is 0.332. The lowest BCUT2D eigenvalue weighted by Crippen LogP contribution is -2.26. The molecule has 0 radical (unpaired) electrons. The maximum absolute atomic E-state index is 8.53. The van der Waals surface area contributed by atoms with Gasteiger partial charge in [-0.25, -0.2) is 0 Å². The number of aliphatic hydroxyl groups excluding tert-OH is 1. The molecule has 0 aliphatic carbocycles. The minimum atomic E-state index is 0.332. The van der Waals surface area contributed by atoms with Crippen molar-refractivity contribution in [3.05, 3.63) is 0 Å². The molecule has 74 valence electrons. The third kappa shape index (κ3) is 7.98. The van der Waals surface area contributed by atoms with Crippen molar-refractivity contribution in [2.75, 3.05) is 33.3 Å². The van der Waals surface area contributed by atoms with E-state index in [-0.39, 0.29) is 0 Å². The highest BCUT2D eigenvalue weighted by Crippen LogP contribution is 1.99. The Morgan fingerprint density at radius 2 is 1.75 bits per heavy atom. The quantitative estimate of drug-likeness (QED) is 0.525. The molecule has 0 fully saturated rings. The molecule has 0 amide bonds. The van der Waals surface area contributed by atoms with E-state index in [1.807, 2.05) is 0 Å². The van der Waals surface area contributed by atoms with Gasteiger partial charge in [-0.3, -0.25) is 0 Å². The molecule has 0 unspecified atom stereocenters. The second-order valence-corrected chi connectivity index (χ2v) is 3.23. The number of nitrogens with zero attached hydrogens (tertiary/aromatic N) is 1. The summed E-state index contributed by atoms with van der Waals surface area (Å²) >= 11 is 0. The molecule has 0 aliphatic heterocycles. The van der Waals surface area contributed by atoms with Crippen LogP contribution in [-0.2, 0) is 0 Å². The molecule has 0 aliphatic rings.